The molecule has 1 aromatic carbocycles. The van der Waals surface area contributed by atoms with Crippen LogP contribution in [0.15, 0.2) is 55.2 Å². The number of benzene rings is 1. The van der Waals surface area contributed by atoms with E-state index in [0.29, 0.717) is 27.4 Å². The van der Waals surface area contributed by atoms with Gasteiger partial charge in [0.25, 0.3) is 5.91 Å². The molecule has 3 aromatic heterocycles. The van der Waals surface area contributed by atoms with Crippen molar-refractivity contribution in [1.82, 2.24) is 15.0 Å². The standard InChI is InChI=1S/C24H21ClFN5O4S2/c1-3-37(33,34)31-19-5-16(25)4-18(7-19)30-24(32)22-8-20(14(2)36-22)23-21(6-17(26)11-29-23)35-12-15-9-27-13-28-10-15/h4-11,13,31H,3,12H2,1-2H3,(H,30,32). The molecule has 9 nitrogen and oxygen atoms in total. The lowest BCUT2D eigenvalue weighted by atomic mass is 10.1. The molecule has 192 valence electrons. The molecule has 2 N–H and O–H groups in total. The largest absolute Gasteiger partial charge is 0.486 e. The molecular weight excluding hydrogens is 541 g/mol. The van der Waals surface area contributed by atoms with Gasteiger partial charge in [0.1, 0.15) is 30.2 Å². The molecule has 13 heteroatoms. The second-order valence-corrected chi connectivity index (χ2v) is 11.5. The minimum Gasteiger partial charge on any atom is -0.486 e. The van der Waals surface area contributed by atoms with E-state index < -0.39 is 21.7 Å². The average molecular weight is 562 g/mol. The lowest BCUT2D eigenvalue weighted by molar-refractivity contribution is 0.103. The summed E-state index contributed by atoms with van der Waals surface area (Å²) in [5.74, 6) is -0.901. The van der Waals surface area contributed by atoms with E-state index in [9.17, 15) is 17.6 Å². The quantitative estimate of drug-likeness (QED) is 0.284. The van der Waals surface area contributed by atoms with Crippen molar-refractivity contribution < 1.29 is 22.3 Å². The summed E-state index contributed by atoms with van der Waals surface area (Å²) in [6.07, 6.45) is 5.65. The van der Waals surface area contributed by atoms with Crippen molar-refractivity contribution in [2.24, 2.45) is 0 Å². The number of pyridine rings is 1. The van der Waals surface area contributed by atoms with Crippen LogP contribution in [-0.2, 0) is 16.6 Å². The highest BCUT2D eigenvalue weighted by Crippen LogP contribution is 2.36. The zero-order valence-corrected chi connectivity index (χ0v) is 22.0. The van der Waals surface area contributed by atoms with Gasteiger partial charge in [-0.3, -0.25) is 9.52 Å². The third-order valence-electron chi connectivity index (χ3n) is 5.03. The summed E-state index contributed by atoms with van der Waals surface area (Å²) in [7, 11) is -3.52. The minimum atomic E-state index is -3.52. The molecule has 37 heavy (non-hydrogen) atoms. The van der Waals surface area contributed by atoms with Crippen molar-refractivity contribution in [3.05, 3.63) is 81.4 Å². The van der Waals surface area contributed by atoms with E-state index in [1.165, 1.54) is 48.9 Å². The molecule has 0 aliphatic carbocycles. The van der Waals surface area contributed by atoms with E-state index in [1.54, 1.807) is 18.5 Å². The lowest BCUT2D eigenvalue weighted by Crippen LogP contribution is -2.15. The Morgan fingerprint density at radius 1 is 1.11 bits per heavy atom. The van der Waals surface area contributed by atoms with Crippen LogP contribution in [0.4, 0.5) is 15.8 Å². The molecular formula is C24H21ClFN5O4S2. The van der Waals surface area contributed by atoms with Gasteiger partial charge in [-0.05, 0) is 38.1 Å². The van der Waals surface area contributed by atoms with Gasteiger partial charge in [-0.2, -0.15) is 0 Å². The molecule has 1 amide bonds. The summed E-state index contributed by atoms with van der Waals surface area (Å²) in [6.45, 7) is 3.43. The fourth-order valence-electron chi connectivity index (χ4n) is 3.29. The third-order valence-corrected chi connectivity index (χ3v) is 7.61. The fourth-order valence-corrected chi connectivity index (χ4v) is 5.07. The summed E-state index contributed by atoms with van der Waals surface area (Å²) in [5.41, 5.74) is 2.23. The van der Waals surface area contributed by atoms with Gasteiger partial charge in [0, 0.05) is 45.2 Å². The summed E-state index contributed by atoms with van der Waals surface area (Å²) in [4.78, 5) is 26.2. The number of aromatic nitrogens is 3. The van der Waals surface area contributed by atoms with E-state index in [-0.39, 0.29) is 28.8 Å². The van der Waals surface area contributed by atoms with Crippen molar-refractivity contribution >= 4 is 50.2 Å². The van der Waals surface area contributed by atoms with Gasteiger partial charge >= 0.3 is 0 Å². The average Bonchev–Trinajstić information content (AvgIpc) is 3.24. The highest BCUT2D eigenvalue weighted by atomic mass is 35.5. The second-order valence-electron chi connectivity index (χ2n) is 7.80. The number of hydrogen-bond acceptors (Lipinski definition) is 8. The van der Waals surface area contributed by atoms with Crippen LogP contribution in [0.2, 0.25) is 5.02 Å². The van der Waals surface area contributed by atoms with Crippen LogP contribution in [0.3, 0.4) is 0 Å². The highest BCUT2D eigenvalue weighted by Gasteiger charge is 2.19. The summed E-state index contributed by atoms with van der Waals surface area (Å²) in [5, 5.41) is 2.98. The van der Waals surface area contributed by atoms with E-state index in [0.717, 1.165) is 11.1 Å². The molecule has 3 heterocycles. The Balaban J connectivity index is 1.57. The van der Waals surface area contributed by atoms with Crippen molar-refractivity contribution in [3.8, 4) is 17.0 Å². The van der Waals surface area contributed by atoms with Crippen LogP contribution in [-0.4, -0.2) is 35.0 Å². The monoisotopic (exact) mass is 561 g/mol. The Morgan fingerprint density at radius 2 is 1.84 bits per heavy atom. The van der Waals surface area contributed by atoms with Crippen molar-refractivity contribution in [3.63, 3.8) is 0 Å². The number of thiophene rings is 1. The number of ether oxygens (including phenoxy) is 1. The first-order valence-electron chi connectivity index (χ1n) is 10.9. The first kappa shape index (κ1) is 26.5. The summed E-state index contributed by atoms with van der Waals surface area (Å²) < 4.78 is 46.0. The van der Waals surface area contributed by atoms with Gasteiger partial charge in [-0.15, -0.1) is 11.3 Å². The molecule has 0 saturated heterocycles. The Kier molecular flexibility index (Phi) is 8.00. The number of amides is 1. The number of halogens is 2. The third kappa shape index (κ3) is 6.79. The molecule has 0 atom stereocenters. The predicted molar refractivity (Wildman–Crippen MR) is 141 cm³/mol. The molecule has 0 radical (unpaired) electrons. The highest BCUT2D eigenvalue weighted by molar-refractivity contribution is 7.92. The van der Waals surface area contributed by atoms with Crippen LogP contribution in [0.25, 0.3) is 11.3 Å². The van der Waals surface area contributed by atoms with Crippen molar-refractivity contribution in [2.45, 2.75) is 20.5 Å². The summed E-state index contributed by atoms with van der Waals surface area (Å²) in [6, 6.07) is 7.29. The number of anilines is 2. The number of hydrogen-bond donors (Lipinski definition) is 2. The molecule has 0 aliphatic rings. The zero-order chi connectivity index (χ0) is 26.6. The summed E-state index contributed by atoms with van der Waals surface area (Å²) >= 11 is 7.34. The first-order chi connectivity index (χ1) is 17.6. The van der Waals surface area contributed by atoms with Gasteiger partial charge in [0.05, 0.1) is 22.5 Å². The lowest BCUT2D eigenvalue weighted by Gasteiger charge is -2.11. The van der Waals surface area contributed by atoms with Crippen LogP contribution in [0.5, 0.6) is 5.75 Å². The molecule has 4 rings (SSSR count). The zero-order valence-electron chi connectivity index (χ0n) is 19.7. The van der Waals surface area contributed by atoms with E-state index in [4.69, 9.17) is 16.3 Å². The maximum absolute atomic E-state index is 14.0. The molecule has 0 bridgehead atoms. The van der Waals surface area contributed by atoms with Gasteiger partial charge < -0.3 is 10.1 Å². The number of aryl methyl sites for hydroxylation is 1. The number of sulfonamides is 1. The number of nitrogens with one attached hydrogen (secondary N) is 2. The smallest absolute Gasteiger partial charge is 0.265 e. The second kappa shape index (κ2) is 11.2. The first-order valence-corrected chi connectivity index (χ1v) is 13.7. The molecule has 0 unspecified atom stereocenters. The van der Waals surface area contributed by atoms with E-state index in [1.807, 2.05) is 6.92 Å². The Morgan fingerprint density at radius 3 is 2.57 bits per heavy atom. The van der Waals surface area contributed by atoms with Crippen LogP contribution in [0.1, 0.15) is 27.0 Å². The topological polar surface area (TPSA) is 123 Å². The number of nitrogens with zero attached hydrogens (tertiary/aromatic N) is 3. The minimum absolute atomic E-state index is 0.106. The Hall–Kier alpha value is -3.61. The number of carbonyl (C=O) groups excluding carboxylic acids is 1. The molecule has 0 saturated carbocycles. The van der Waals surface area contributed by atoms with Gasteiger partial charge in [-0.1, -0.05) is 11.6 Å². The van der Waals surface area contributed by atoms with Gasteiger partial charge in [0.15, 0.2) is 0 Å². The van der Waals surface area contributed by atoms with Crippen molar-refractivity contribution in [1.29, 1.82) is 0 Å². The normalized spacial score (nSPS) is 11.2. The van der Waals surface area contributed by atoms with Crippen LogP contribution < -0.4 is 14.8 Å². The van der Waals surface area contributed by atoms with Crippen molar-refractivity contribution in [2.75, 3.05) is 15.8 Å². The van der Waals surface area contributed by atoms with Crippen LogP contribution >= 0.6 is 22.9 Å². The van der Waals surface area contributed by atoms with Gasteiger partial charge in [0.2, 0.25) is 10.0 Å². The fraction of sp³-hybridized carbons (Fsp3) is 0.167. The van der Waals surface area contributed by atoms with Crippen LogP contribution in [0, 0.1) is 12.7 Å². The Bertz CT molecular complexity index is 1550. The number of carbonyl (C=O) groups is 1. The molecule has 0 spiro atoms. The van der Waals surface area contributed by atoms with E-state index in [2.05, 4.69) is 25.0 Å². The Labute approximate surface area is 221 Å². The number of rotatable bonds is 9. The molecule has 0 fully saturated rings. The maximum Gasteiger partial charge on any atom is 0.265 e. The van der Waals surface area contributed by atoms with E-state index >= 15 is 0 Å². The van der Waals surface area contributed by atoms with Gasteiger partial charge in [-0.25, -0.2) is 27.8 Å². The SMILES string of the molecule is CCS(=O)(=O)Nc1cc(Cl)cc(NC(=O)c2cc(-c3ncc(F)cc3OCc3cncnc3)c(C)s2)c1. The predicted octanol–water partition coefficient (Wildman–Crippen LogP) is 5.29. The maximum atomic E-state index is 14.0. The molecule has 4 aromatic rings. The molecule has 0 aliphatic heterocycles.